The van der Waals surface area contributed by atoms with Crippen LogP contribution >= 0.6 is 0 Å². The monoisotopic (exact) mass is 885 g/mol. The highest BCUT2D eigenvalue weighted by Gasteiger charge is 2.19. The Hall–Kier alpha value is -2.37. The molecular weight excluding hydrogens is 781 g/mol. The summed E-state index contributed by atoms with van der Waals surface area (Å²) < 4.78 is 16.8. The third-order valence-corrected chi connectivity index (χ3v) is 12.1. The lowest BCUT2D eigenvalue weighted by Gasteiger charge is -2.18. The molecule has 0 aliphatic rings. The molecule has 0 saturated heterocycles. The molecule has 0 aromatic carbocycles. The van der Waals surface area contributed by atoms with Crippen molar-refractivity contribution in [3.8, 4) is 0 Å². The molecule has 368 valence electrons. The van der Waals surface area contributed by atoms with Crippen molar-refractivity contribution < 1.29 is 28.6 Å². The zero-order valence-electron chi connectivity index (χ0n) is 42.1. The summed E-state index contributed by atoms with van der Waals surface area (Å²) in [5.41, 5.74) is 0. The van der Waals surface area contributed by atoms with E-state index in [9.17, 15) is 14.4 Å². The Morgan fingerprint density at radius 1 is 0.317 bits per heavy atom. The molecule has 0 aromatic rings. The molecule has 0 radical (unpaired) electrons. The predicted octanol–water partition coefficient (Wildman–Crippen LogP) is 18.1. The minimum absolute atomic E-state index is 0.0726. The first-order valence-corrected chi connectivity index (χ1v) is 27.5. The first-order chi connectivity index (χ1) is 31.0. The van der Waals surface area contributed by atoms with E-state index in [4.69, 9.17) is 14.2 Å². The molecule has 0 saturated carbocycles. The summed E-state index contributed by atoms with van der Waals surface area (Å²) in [4.78, 5) is 38.0. The third kappa shape index (κ3) is 50.5. The van der Waals surface area contributed by atoms with E-state index < -0.39 is 6.10 Å². The molecule has 0 fully saturated rings. The van der Waals surface area contributed by atoms with Crippen LogP contribution in [0.3, 0.4) is 0 Å². The van der Waals surface area contributed by atoms with Crippen molar-refractivity contribution in [2.45, 2.75) is 297 Å². The van der Waals surface area contributed by atoms with Crippen molar-refractivity contribution in [3.63, 3.8) is 0 Å². The van der Waals surface area contributed by atoms with Gasteiger partial charge in [0.2, 0.25) is 0 Å². The van der Waals surface area contributed by atoms with E-state index in [1.165, 1.54) is 186 Å². The van der Waals surface area contributed by atoms with Gasteiger partial charge in [-0.15, -0.1) is 0 Å². The number of carbonyl (C=O) groups excluding carboxylic acids is 3. The van der Waals surface area contributed by atoms with Crippen LogP contribution in [0.1, 0.15) is 290 Å². The molecule has 0 amide bonds. The second kappa shape index (κ2) is 52.3. The van der Waals surface area contributed by atoms with Crippen LogP contribution in [0.25, 0.3) is 0 Å². The van der Waals surface area contributed by atoms with E-state index in [0.29, 0.717) is 19.3 Å². The predicted molar refractivity (Wildman–Crippen MR) is 270 cm³/mol. The lowest BCUT2D eigenvalue weighted by Crippen LogP contribution is -2.30. The molecule has 0 N–H and O–H groups in total. The number of ether oxygens (including phenoxy) is 3. The van der Waals surface area contributed by atoms with Crippen molar-refractivity contribution in [2.24, 2.45) is 0 Å². The topological polar surface area (TPSA) is 78.9 Å². The van der Waals surface area contributed by atoms with Gasteiger partial charge in [0, 0.05) is 19.3 Å². The first kappa shape index (κ1) is 60.6. The molecule has 0 rings (SSSR count). The van der Waals surface area contributed by atoms with Gasteiger partial charge >= 0.3 is 17.9 Å². The molecule has 0 spiro atoms. The van der Waals surface area contributed by atoms with Crippen molar-refractivity contribution in [2.75, 3.05) is 13.2 Å². The maximum Gasteiger partial charge on any atom is 0.306 e. The van der Waals surface area contributed by atoms with Crippen molar-refractivity contribution >= 4 is 17.9 Å². The lowest BCUT2D eigenvalue weighted by molar-refractivity contribution is -0.167. The number of allylic oxidation sites excluding steroid dienone is 6. The van der Waals surface area contributed by atoms with Crippen LogP contribution in [0.15, 0.2) is 36.5 Å². The number of hydrogen-bond acceptors (Lipinski definition) is 6. The molecule has 63 heavy (non-hydrogen) atoms. The van der Waals surface area contributed by atoms with Crippen molar-refractivity contribution in [1.29, 1.82) is 0 Å². The van der Waals surface area contributed by atoms with Gasteiger partial charge in [-0.3, -0.25) is 14.4 Å². The van der Waals surface area contributed by atoms with Crippen LogP contribution < -0.4 is 0 Å². The lowest BCUT2D eigenvalue weighted by atomic mass is 10.1. The number of carbonyl (C=O) groups is 3. The molecule has 0 heterocycles. The normalized spacial score (nSPS) is 12.2. The fourth-order valence-electron chi connectivity index (χ4n) is 7.94. The molecule has 0 aromatic heterocycles. The summed E-state index contributed by atoms with van der Waals surface area (Å²) in [6.07, 6.45) is 61.2. The van der Waals surface area contributed by atoms with Crippen LogP contribution in [-0.2, 0) is 28.6 Å². The summed E-state index contributed by atoms with van der Waals surface area (Å²) in [6.45, 7) is 6.62. The fraction of sp³-hybridized carbons (Fsp3) is 0.842. The van der Waals surface area contributed by atoms with Crippen molar-refractivity contribution in [1.82, 2.24) is 0 Å². The van der Waals surface area contributed by atoms with Crippen LogP contribution in [-0.4, -0.2) is 37.2 Å². The number of rotatable bonds is 50. The van der Waals surface area contributed by atoms with E-state index in [1.807, 2.05) is 0 Å². The van der Waals surface area contributed by atoms with Crippen LogP contribution in [0.4, 0.5) is 0 Å². The molecular formula is C57H104O6. The summed E-state index contributed by atoms with van der Waals surface area (Å²) in [5.74, 6) is -0.868. The fourth-order valence-corrected chi connectivity index (χ4v) is 7.94. The van der Waals surface area contributed by atoms with Gasteiger partial charge in [0.05, 0.1) is 0 Å². The van der Waals surface area contributed by atoms with Crippen LogP contribution in [0.5, 0.6) is 0 Å². The highest BCUT2D eigenvalue weighted by molar-refractivity contribution is 5.71. The second-order valence-electron chi connectivity index (χ2n) is 18.5. The van der Waals surface area contributed by atoms with Gasteiger partial charge in [-0.25, -0.2) is 0 Å². The summed E-state index contributed by atoms with van der Waals surface area (Å²) >= 11 is 0. The zero-order valence-corrected chi connectivity index (χ0v) is 42.1. The van der Waals surface area contributed by atoms with Gasteiger partial charge in [-0.1, -0.05) is 231 Å². The number of esters is 3. The second-order valence-corrected chi connectivity index (χ2v) is 18.5. The van der Waals surface area contributed by atoms with Gasteiger partial charge in [0.1, 0.15) is 13.2 Å². The van der Waals surface area contributed by atoms with Crippen LogP contribution in [0.2, 0.25) is 0 Å². The highest BCUT2D eigenvalue weighted by Crippen LogP contribution is 2.16. The quantitative estimate of drug-likeness (QED) is 0.0262. The van der Waals surface area contributed by atoms with E-state index in [2.05, 4.69) is 57.2 Å². The Morgan fingerprint density at radius 2 is 0.571 bits per heavy atom. The molecule has 0 aliphatic carbocycles. The first-order valence-electron chi connectivity index (χ1n) is 27.5. The molecule has 6 heteroatoms. The molecule has 6 nitrogen and oxygen atoms in total. The maximum absolute atomic E-state index is 12.8. The summed E-state index contributed by atoms with van der Waals surface area (Å²) in [6, 6.07) is 0. The van der Waals surface area contributed by atoms with E-state index in [0.717, 1.165) is 64.2 Å². The van der Waals surface area contributed by atoms with Gasteiger partial charge in [0.15, 0.2) is 6.10 Å². The minimum Gasteiger partial charge on any atom is -0.462 e. The Labute approximate surface area is 391 Å². The highest BCUT2D eigenvalue weighted by atomic mass is 16.6. The third-order valence-electron chi connectivity index (χ3n) is 12.1. The minimum atomic E-state index is -0.771. The summed E-state index contributed by atoms with van der Waals surface area (Å²) in [5, 5.41) is 0. The Morgan fingerprint density at radius 3 is 0.937 bits per heavy atom. The van der Waals surface area contributed by atoms with Gasteiger partial charge < -0.3 is 14.2 Å². The van der Waals surface area contributed by atoms with Crippen LogP contribution in [0, 0.1) is 0 Å². The SMILES string of the molecule is CCCCC/C=C\C/C=C\CCCCCCCCCCCC(=O)OC[C@H](COC(=O)CCCCCCCCC/C=C\CCCCCC)OC(=O)CCCCCCCCCCCCC. The maximum atomic E-state index is 12.8. The average molecular weight is 885 g/mol. The zero-order chi connectivity index (χ0) is 45.8. The number of unbranched alkanes of at least 4 members (excludes halogenated alkanes) is 33. The largest absolute Gasteiger partial charge is 0.462 e. The van der Waals surface area contributed by atoms with Gasteiger partial charge in [-0.05, 0) is 77.0 Å². The molecule has 0 unspecified atom stereocenters. The standard InChI is InChI=1S/C57H104O6/c1-4-7-10-13-16-19-22-24-26-27-28-29-31-33-36-38-41-44-47-50-56(59)62-53-54(63-57(60)51-48-45-42-39-34-21-18-15-12-9-6-3)52-61-55(58)49-46-43-40-37-35-32-30-25-23-20-17-14-11-8-5-2/h16,19-20,23-24,26,54H,4-15,17-18,21-22,25,27-53H2,1-3H3/b19-16-,23-20-,26-24-/t54-/m0/s1. The van der Waals surface area contributed by atoms with E-state index >= 15 is 0 Å². The number of hydrogen-bond donors (Lipinski definition) is 0. The van der Waals surface area contributed by atoms with Gasteiger partial charge in [0.25, 0.3) is 0 Å². The molecule has 0 aliphatic heterocycles. The Balaban J connectivity index is 4.30. The van der Waals surface area contributed by atoms with E-state index in [1.54, 1.807) is 0 Å². The average Bonchev–Trinajstić information content (AvgIpc) is 3.28. The van der Waals surface area contributed by atoms with E-state index in [-0.39, 0.29) is 31.1 Å². The van der Waals surface area contributed by atoms with Gasteiger partial charge in [-0.2, -0.15) is 0 Å². The smallest absolute Gasteiger partial charge is 0.306 e. The van der Waals surface area contributed by atoms with Crippen molar-refractivity contribution in [3.05, 3.63) is 36.5 Å². The molecule has 0 bridgehead atoms. The summed E-state index contributed by atoms with van der Waals surface area (Å²) in [7, 11) is 0. The Kier molecular flexibility index (Phi) is 50.3. The Bertz CT molecular complexity index is 1060. The molecule has 1 atom stereocenters.